The van der Waals surface area contributed by atoms with Gasteiger partial charge in [-0.2, -0.15) is 0 Å². The quantitative estimate of drug-likeness (QED) is 0.793. The second-order valence-corrected chi connectivity index (χ2v) is 5.33. The number of aromatic nitrogens is 1. The van der Waals surface area contributed by atoms with Crippen LogP contribution in [0.25, 0.3) is 5.57 Å². The molecule has 0 unspecified atom stereocenters. The highest BCUT2D eigenvalue weighted by Crippen LogP contribution is 2.22. The molecule has 21 heavy (non-hydrogen) atoms. The van der Waals surface area contributed by atoms with Crippen LogP contribution in [-0.2, 0) is 0 Å². The van der Waals surface area contributed by atoms with E-state index in [4.69, 9.17) is 11.6 Å². The first-order chi connectivity index (χ1) is 10.2. The molecule has 0 aliphatic carbocycles. The van der Waals surface area contributed by atoms with Gasteiger partial charge in [0, 0.05) is 13.1 Å². The molecule has 1 aliphatic heterocycles. The number of hydrogen-bond acceptors (Lipinski definition) is 2. The monoisotopic (exact) mass is 298 g/mol. The molecule has 1 aliphatic rings. The smallest absolute Gasteiger partial charge is 0.272 e. The topological polar surface area (TPSA) is 33.2 Å². The van der Waals surface area contributed by atoms with Crippen molar-refractivity contribution in [3.05, 3.63) is 71.0 Å². The summed E-state index contributed by atoms with van der Waals surface area (Å²) in [4.78, 5) is 18.2. The van der Waals surface area contributed by atoms with Crippen LogP contribution in [0.4, 0.5) is 0 Å². The summed E-state index contributed by atoms with van der Waals surface area (Å²) in [6.07, 6.45) is 2.97. The Morgan fingerprint density at radius 3 is 2.57 bits per heavy atom. The lowest BCUT2D eigenvalue weighted by Gasteiger charge is -2.26. The maximum absolute atomic E-state index is 12.4. The van der Waals surface area contributed by atoms with E-state index in [-0.39, 0.29) is 5.91 Å². The van der Waals surface area contributed by atoms with Gasteiger partial charge in [0.05, 0.1) is 0 Å². The molecule has 1 amide bonds. The van der Waals surface area contributed by atoms with Crippen LogP contribution in [0.15, 0.2) is 54.6 Å². The molecule has 0 spiro atoms. The van der Waals surface area contributed by atoms with Crippen LogP contribution in [0.5, 0.6) is 0 Å². The fourth-order valence-corrected chi connectivity index (χ4v) is 2.62. The average Bonchev–Trinajstić information content (AvgIpc) is 2.55. The maximum Gasteiger partial charge on any atom is 0.272 e. The number of rotatable bonds is 2. The molecule has 0 atom stereocenters. The molecule has 0 bridgehead atoms. The van der Waals surface area contributed by atoms with Gasteiger partial charge in [-0.25, -0.2) is 4.98 Å². The van der Waals surface area contributed by atoms with Gasteiger partial charge in [0.25, 0.3) is 5.91 Å². The van der Waals surface area contributed by atoms with Crippen molar-refractivity contribution in [3.63, 3.8) is 0 Å². The van der Waals surface area contributed by atoms with Crippen molar-refractivity contribution >= 4 is 23.1 Å². The minimum atomic E-state index is -0.0686. The van der Waals surface area contributed by atoms with E-state index in [0.717, 1.165) is 6.42 Å². The molecule has 0 fully saturated rings. The Morgan fingerprint density at radius 1 is 1.10 bits per heavy atom. The molecular formula is C17H15ClN2O. The van der Waals surface area contributed by atoms with Crippen molar-refractivity contribution in [1.82, 2.24) is 9.88 Å². The predicted molar refractivity (Wildman–Crippen MR) is 84.2 cm³/mol. The van der Waals surface area contributed by atoms with Gasteiger partial charge in [-0.15, -0.1) is 0 Å². The molecule has 1 aromatic heterocycles. The number of nitrogens with zero attached hydrogens (tertiary/aromatic N) is 2. The minimum absolute atomic E-state index is 0.0686. The minimum Gasteiger partial charge on any atom is -0.333 e. The van der Waals surface area contributed by atoms with Crippen molar-refractivity contribution in [1.29, 1.82) is 0 Å². The van der Waals surface area contributed by atoms with Gasteiger partial charge < -0.3 is 4.90 Å². The van der Waals surface area contributed by atoms with Gasteiger partial charge in [-0.3, -0.25) is 4.79 Å². The summed E-state index contributed by atoms with van der Waals surface area (Å²) < 4.78 is 0. The van der Waals surface area contributed by atoms with Crippen molar-refractivity contribution in [2.45, 2.75) is 6.42 Å². The van der Waals surface area contributed by atoms with E-state index < -0.39 is 0 Å². The molecule has 0 radical (unpaired) electrons. The summed E-state index contributed by atoms with van der Waals surface area (Å²) in [5.74, 6) is -0.0686. The Hall–Kier alpha value is -2.13. The number of carbonyl (C=O) groups is 1. The Bertz CT molecular complexity index is 682. The van der Waals surface area contributed by atoms with Gasteiger partial charge in [0.15, 0.2) is 0 Å². The number of hydrogen-bond donors (Lipinski definition) is 0. The second kappa shape index (κ2) is 6.10. The SMILES string of the molecule is O=C(c1cccc(Cl)n1)N1CC=C(c2ccccc2)CC1. The summed E-state index contributed by atoms with van der Waals surface area (Å²) in [5, 5.41) is 0.346. The Morgan fingerprint density at radius 2 is 1.90 bits per heavy atom. The lowest BCUT2D eigenvalue weighted by Crippen LogP contribution is -2.35. The van der Waals surface area contributed by atoms with Crippen molar-refractivity contribution < 1.29 is 4.79 Å². The van der Waals surface area contributed by atoms with Gasteiger partial charge in [-0.05, 0) is 29.7 Å². The van der Waals surface area contributed by atoms with Crippen molar-refractivity contribution in [3.8, 4) is 0 Å². The highest BCUT2D eigenvalue weighted by molar-refractivity contribution is 6.29. The second-order valence-electron chi connectivity index (χ2n) is 4.94. The molecular weight excluding hydrogens is 284 g/mol. The van der Waals surface area contributed by atoms with E-state index in [1.807, 2.05) is 18.2 Å². The first kappa shape index (κ1) is 13.8. The molecule has 0 saturated carbocycles. The number of halogens is 1. The fraction of sp³-hybridized carbons (Fsp3) is 0.176. The molecule has 3 nitrogen and oxygen atoms in total. The number of benzene rings is 1. The van der Waals surface area contributed by atoms with Gasteiger partial charge in [0.1, 0.15) is 10.8 Å². The normalized spacial score (nSPS) is 14.7. The van der Waals surface area contributed by atoms with Crippen molar-refractivity contribution in [2.24, 2.45) is 0 Å². The van der Waals surface area contributed by atoms with E-state index in [1.165, 1.54) is 11.1 Å². The third kappa shape index (κ3) is 3.14. The molecule has 3 rings (SSSR count). The van der Waals surface area contributed by atoms with E-state index >= 15 is 0 Å². The number of amides is 1. The third-order valence-corrected chi connectivity index (χ3v) is 3.79. The van der Waals surface area contributed by atoms with E-state index in [2.05, 4.69) is 23.2 Å². The predicted octanol–water partition coefficient (Wildman–Crippen LogP) is 3.66. The standard InChI is InChI=1S/C17H15ClN2O/c18-16-8-4-7-15(19-16)17(21)20-11-9-14(10-12-20)13-5-2-1-3-6-13/h1-9H,10-12H2. The summed E-state index contributed by atoms with van der Waals surface area (Å²) in [6, 6.07) is 15.4. The van der Waals surface area contributed by atoms with Crippen molar-refractivity contribution in [2.75, 3.05) is 13.1 Å². The third-order valence-electron chi connectivity index (χ3n) is 3.58. The number of pyridine rings is 1. The van der Waals surface area contributed by atoms with Gasteiger partial charge in [0.2, 0.25) is 0 Å². The Balaban J connectivity index is 1.73. The lowest BCUT2D eigenvalue weighted by atomic mass is 9.99. The molecule has 2 heterocycles. The summed E-state index contributed by atoms with van der Waals surface area (Å²) in [6.45, 7) is 1.31. The zero-order chi connectivity index (χ0) is 14.7. The average molecular weight is 299 g/mol. The summed E-state index contributed by atoms with van der Waals surface area (Å²) in [7, 11) is 0. The fourth-order valence-electron chi connectivity index (χ4n) is 2.46. The van der Waals surface area contributed by atoms with Crippen LogP contribution >= 0.6 is 11.6 Å². The van der Waals surface area contributed by atoms with Crippen LogP contribution < -0.4 is 0 Å². The van der Waals surface area contributed by atoms with Crippen LogP contribution in [0, 0.1) is 0 Å². The van der Waals surface area contributed by atoms with Crippen LogP contribution in [0.2, 0.25) is 5.15 Å². The molecule has 0 saturated heterocycles. The highest BCUT2D eigenvalue weighted by atomic mass is 35.5. The molecule has 0 N–H and O–H groups in total. The molecule has 4 heteroatoms. The number of carbonyl (C=O) groups excluding carboxylic acids is 1. The summed E-state index contributed by atoms with van der Waals surface area (Å²) in [5.41, 5.74) is 2.92. The first-order valence-electron chi connectivity index (χ1n) is 6.90. The van der Waals surface area contributed by atoms with Crippen LogP contribution in [-0.4, -0.2) is 28.9 Å². The molecule has 1 aromatic carbocycles. The van der Waals surface area contributed by atoms with E-state index in [9.17, 15) is 4.79 Å². The zero-order valence-corrected chi connectivity index (χ0v) is 12.3. The maximum atomic E-state index is 12.4. The summed E-state index contributed by atoms with van der Waals surface area (Å²) >= 11 is 5.84. The molecule has 2 aromatic rings. The van der Waals surface area contributed by atoms with Crippen LogP contribution in [0.1, 0.15) is 22.5 Å². The lowest BCUT2D eigenvalue weighted by molar-refractivity contribution is 0.0767. The molecule has 106 valence electrons. The highest BCUT2D eigenvalue weighted by Gasteiger charge is 2.20. The van der Waals surface area contributed by atoms with Gasteiger partial charge in [-0.1, -0.05) is 54.1 Å². The van der Waals surface area contributed by atoms with E-state index in [0.29, 0.717) is 23.9 Å². The zero-order valence-electron chi connectivity index (χ0n) is 11.5. The van der Waals surface area contributed by atoms with Crippen LogP contribution in [0.3, 0.4) is 0 Å². The van der Waals surface area contributed by atoms with E-state index in [1.54, 1.807) is 23.1 Å². The Kier molecular flexibility index (Phi) is 4.02. The first-order valence-corrected chi connectivity index (χ1v) is 7.28. The largest absolute Gasteiger partial charge is 0.333 e. The van der Waals surface area contributed by atoms with Gasteiger partial charge >= 0.3 is 0 Å². The Labute approximate surface area is 128 Å².